The van der Waals surface area contributed by atoms with Gasteiger partial charge in [-0.25, -0.2) is 0 Å². The zero-order valence-electron chi connectivity index (χ0n) is 24.1. The number of anilines is 1. The number of fused-ring (bicyclic) bond motifs is 3. The van der Waals surface area contributed by atoms with Crippen LogP contribution in [0.1, 0.15) is 18.9 Å². The van der Waals surface area contributed by atoms with Gasteiger partial charge < -0.3 is 19.8 Å². The molecule has 1 unspecified atom stereocenters. The van der Waals surface area contributed by atoms with Crippen LogP contribution in [0.25, 0.3) is 10.8 Å². The van der Waals surface area contributed by atoms with Crippen LogP contribution in [0, 0.1) is 11.8 Å². The Morgan fingerprint density at radius 2 is 1.58 bits per heavy atom. The van der Waals surface area contributed by atoms with Gasteiger partial charge in [0.1, 0.15) is 6.04 Å². The third kappa shape index (κ3) is 4.42. The molecule has 2 saturated heterocycles. The van der Waals surface area contributed by atoms with E-state index in [4.69, 9.17) is 0 Å². The van der Waals surface area contributed by atoms with Gasteiger partial charge in [-0.1, -0.05) is 85.0 Å². The standard InChI is InChI=1S/C35H35N3O4S/c1-34-16-7-18-36(23-24-10-3-2-4-11-24)31(40)28(34)29-32(41)38(20-9-21-39)30-33(42)37(19-8-17-35(29,30)43-34)27-15-14-25-12-5-6-13-26(25)22-27/h2-8,10-17,22,28-30,39H,9,18-21,23H2,1H3/t28-,29-,30?,34+,35-/m0/s1. The number of aliphatic hydroxyl groups is 1. The number of carbonyl (C=O) groups is 3. The first-order valence-corrected chi connectivity index (χ1v) is 15.8. The van der Waals surface area contributed by atoms with Crippen LogP contribution in [-0.2, 0) is 20.9 Å². The first-order chi connectivity index (χ1) is 20.9. The summed E-state index contributed by atoms with van der Waals surface area (Å²) in [7, 11) is 0. The van der Waals surface area contributed by atoms with Crippen molar-refractivity contribution in [2.45, 2.75) is 35.4 Å². The maximum atomic E-state index is 14.7. The summed E-state index contributed by atoms with van der Waals surface area (Å²) < 4.78 is -1.57. The van der Waals surface area contributed by atoms with Crippen molar-refractivity contribution in [3.8, 4) is 0 Å². The largest absolute Gasteiger partial charge is 0.396 e. The van der Waals surface area contributed by atoms with Crippen LogP contribution in [0.15, 0.2) is 97.1 Å². The summed E-state index contributed by atoms with van der Waals surface area (Å²) >= 11 is 1.59. The fourth-order valence-corrected chi connectivity index (χ4v) is 9.73. The molecule has 0 saturated carbocycles. The summed E-state index contributed by atoms with van der Waals surface area (Å²) in [6.45, 7) is 3.50. The molecule has 4 heterocycles. The molecule has 43 heavy (non-hydrogen) atoms. The Morgan fingerprint density at radius 1 is 0.837 bits per heavy atom. The van der Waals surface area contributed by atoms with Crippen LogP contribution in [0.2, 0.25) is 0 Å². The van der Waals surface area contributed by atoms with Crippen molar-refractivity contribution >= 4 is 45.9 Å². The highest BCUT2D eigenvalue weighted by molar-refractivity contribution is 8.02. The topological polar surface area (TPSA) is 81.2 Å². The molecule has 0 radical (unpaired) electrons. The third-order valence-corrected chi connectivity index (χ3v) is 11.3. The van der Waals surface area contributed by atoms with Crippen molar-refractivity contribution in [1.29, 1.82) is 0 Å². The van der Waals surface area contributed by atoms with Gasteiger partial charge in [0.05, 0.1) is 16.6 Å². The van der Waals surface area contributed by atoms with Gasteiger partial charge in [-0.15, -0.1) is 11.8 Å². The predicted molar refractivity (Wildman–Crippen MR) is 169 cm³/mol. The Bertz CT molecular complexity index is 1660. The predicted octanol–water partition coefficient (Wildman–Crippen LogP) is 4.41. The zero-order valence-corrected chi connectivity index (χ0v) is 25.0. The lowest BCUT2D eigenvalue weighted by molar-refractivity contribution is -0.144. The fourth-order valence-electron chi connectivity index (χ4n) is 7.58. The van der Waals surface area contributed by atoms with Crippen molar-refractivity contribution in [2.24, 2.45) is 11.8 Å². The molecule has 0 aliphatic carbocycles. The minimum Gasteiger partial charge on any atom is -0.396 e. The first kappa shape index (κ1) is 27.9. The van der Waals surface area contributed by atoms with Crippen LogP contribution in [0.5, 0.6) is 0 Å². The quantitative estimate of drug-likeness (QED) is 0.429. The lowest BCUT2D eigenvalue weighted by Gasteiger charge is -2.37. The molecular weight excluding hydrogens is 558 g/mol. The number of likely N-dealkylation sites (tertiary alicyclic amines) is 1. The van der Waals surface area contributed by atoms with E-state index in [1.165, 1.54) is 0 Å². The molecule has 2 fully saturated rings. The molecule has 0 bridgehead atoms. The number of benzene rings is 3. The second kappa shape index (κ2) is 10.7. The molecule has 4 aliphatic rings. The summed E-state index contributed by atoms with van der Waals surface area (Å²) in [6, 6.07) is 23.1. The minimum atomic E-state index is -0.912. The molecular formula is C35H35N3O4S. The highest BCUT2D eigenvalue weighted by Crippen LogP contribution is 2.65. The van der Waals surface area contributed by atoms with Gasteiger partial charge in [-0.05, 0) is 41.8 Å². The monoisotopic (exact) mass is 593 g/mol. The van der Waals surface area contributed by atoms with Crippen LogP contribution < -0.4 is 4.90 Å². The van der Waals surface area contributed by atoms with Crippen LogP contribution in [-0.4, -0.2) is 74.4 Å². The number of nitrogens with zero attached hydrogens (tertiary/aromatic N) is 3. The number of hydrogen-bond donors (Lipinski definition) is 1. The number of rotatable bonds is 6. The molecule has 3 aromatic carbocycles. The van der Waals surface area contributed by atoms with E-state index in [1.807, 2.05) is 103 Å². The molecule has 3 amide bonds. The second-order valence-corrected chi connectivity index (χ2v) is 13.9. The first-order valence-electron chi connectivity index (χ1n) is 15.0. The van der Waals surface area contributed by atoms with E-state index in [1.54, 1.807) is 21.6 Å². The number of hydrogen-bond acceptors (Lipinski definition) is 5. The van der Waals surface area contributed by atoms with Gasteiger partial charge in [-0.2, -0.15) is 0 Å². The molecule has 4 aliphatic heterocycles. The Kier molecular flexibility index (Phi) is 6.94. The lowest BCUT2D eigenvalue weighted by atomic mass is 9.74. The molecule has 8 heteroatoms. The molecule has 3 aromatic rings. The van der Waals surface area contributed by atoms with E-state index in [-0.39, 0.29) is 30.9 Å². The van der Waals surface area contributed by atoms with Crippen molar-refractivity contribution in [2.75, 3.05) is 31.1 Å². The number of aliphatic hydroxyl groups excluding tert-OH is 1. The number of carbonyl (C=O) groups excluding carboxylic acids is 3. The Hall–Kier alpha value is -3.88. The summed E-state index contributed by atoms with van der Waals surface area (Å²) in [5.41, 5.74) is 1.81. The summed E-state index contributed by atoms with van der Waals surface area (Å²) in [4.78, 5) is 48.9. The Balaban J connectivity index is 1.30. The highest BCUT2D eigenvalue weighted by Gasteiger charge is 2.73. The third-order valence-electron chi connectivity index (χ3n) is 9.46. The van der Waals surface area contributed by atoms with Crippen molar-refractivity contribution in [1.82, 2.24) is 9.80 Å². The van der Waals surface area contributed by atoms with Crippen LogP contribution in [0.3, 0.4) is 0 Å². The lowest BCUT2D eigenvalue weighted by Crippen LogP contribution is -2.53. The van der Waals surface area contributed by atoms with E-state index in [0.717, 1.165) is 22.0 Å². The van der Waals surface area contributed by atoms with Gasteiger partial charge in [0.15, 0.2) is 0 Å². The number of amides is 3. The zero-order chi connectivity index (χ0) is 29.8. The summed E-state index contributed by atoms with van der Waals surface area (Å²) in [5, 5.41) is 11.8. The smallest absolute Gasteiger partial charge is 0.251 e. The summed E-state index contributed by atoms with van der Waals surface area (Å²) in [6.07, 6.45) is 8.54. The van der Waals surface area contributed by atoms with E-state index in [0.29, 0.717) is 26.1 Å². The highest BCUT2D eigenvalue weighted by atomic mass is 32.2. The average molecular weight is 594 g/mol. The van der Waals surface area contributed by atoms with Crippen molar-refractivity contribution in [3.05, 3.63) is 103 Å². The van der Waals surface area contributed by atoms with E-state index in [2.05, 4.69) is 6.08 Å². The normalized spacial score (nSPS) is 30.0. The molecule has 7 rings (SSSR count). The van der Waals surface area contributed by atoms with Crippen LogP contribution >= 0.6 is 11.8 Å². The van der Waals surface area contributed by atoms with Gasteiger partial charge in [0.2, 0.25) is 11.8 Å². The maximum Gasteiger partial charge on any atom is 0.251 e. The molecule has 0 aromatic heterocycles. The fraction of sp³-hybridized carbons (Fsp3) is 0.343. The van der Waals surface area contributed by atoms with E-state index < -0.39 is 27.4 Å². The van der Waals surface area contributed by atoms with Crippen molar-refractivity contribution in [3.63, 3.8) is 0 Å². The minimum absolute atomic E-state index is 0.0571. The molecule has 1 N–H and O–H groups in total. The maximum absolute atomic E-state index is 14.7. The van der Waals surface area contributed by atoms with E-state index in [9.17, 15) is 19.5 Å². The molecule has 5 atom stereocenters. The van der Waals surface area contributed by atoms with E-state index >= 15 is 0 Å². The summed E-state index contributed by atoms with van der Waals surface area (Å²) in [5.74, 6) is -1.71. The van der Waals surface area contributed by atoms with Gasteiger partial charge in [-0.3, -0.25) is 14.4 Å². The SMILES string of the molecule is C[C@@]12C=CCN(Cc3ccccc3)C(=O)[C@@H]1[C@H]1C(=O)N(CCCO)C3C(=O)N(c4ccc5ccccc5c4)CC=C[C@@]31S2. The van der Waals surface area contributed by atoms with Gasteiger partial charge in [0.25, 0.3) is 5.91 Å². The average Bonchev–Trinajstić information content (AvgIpc) is 3.28. The van der Waals surface area contributed by atoms with Crippen LogP contribution in [0.4, 0.5) is 5.69 Å². The Morgan fingerprint density at radius 3 is 2.37 bits per heavy atom. The Labute approximate surface area is 255 Å². The second-order valence-electron chi connectivity index (χ2n) is 12.1. The van der Waals surface area contributed by atoms with Gasteiger partial charge >= 0.3 is 0 Å². The molecule has 1 spiro atoms. The molecule has 7 nitrogen and oxygen atoms in total. The van der Waals surface area contributed by atoms with Crippen molar-refractivity contribution < 1.29 is 19.5 Å². The number of thioether (sulfide) groups is 1. The van der Waals surface area contributed by atoms with Gasteiger partial charge in [0, 0.05) is 43.2 Å². The molecule has 220 valence electrons.